The molecule has 0 aromatic heterocycles. The Morgan fingerprint density at radius 1 is 1.09 bits per heavy atom. The predicted molar refractivity (Wildman–Crippen MR) is 129 cm³/mol. The number of hydrogen-bond donors (Lipinski definition) is 1. The summed E-state index contributed by atoms with van der Waals surface area (Å²) in [5.74, 6) is -1.31. The highest BCUT2D eigenvalue weighted by atomic mass is 35.5. The number of alkyl halides is 3. The summed E-state index contributed by atoms with van der Waals surface area (Å²) in [7, 11) is -2.82. The molecule has 192 valence electrons. The Morgan fingerprint density at radius 3 is 2.23 bits per heavy atom. The van der Waals surface area contributed by atoms with Crippen LogP contribution in [0.4, 0.5) is 18.9 Å². The third-order valence-electron chi connectivity index (χ3n) is 5.15. The van der Waals surface area contributed by atoms with Crippen LogP contribution in [0.25, 0.3) is 0 Å². The van der Waals surface area contributed by atoms with E-state index in [1.54, 1.807) is 31.2 Å². The lowest BCUT2D eigenvalue weighted by Gasteiger charge is -2.33. The zero-order valence-corrected chi connectivity index (χ0v) is 21.4. The Morgan fingerprint density at radius 2 is 1.71 bits per heavy atom. The van der Waals surface area contributed by atoms with E-state index in [-0.39, 0.29) is 13.0 Å². The van der Waals surface area contributed by atoms with Crippen molar-refractivity contribution in [1.82, 2.24) is 10.2 Å². The van der Waals surface area contributed by atoms with Gasteiger partial charge in [0.05, 0.1) is 22.5 Å². The molecule has 0 unspecified atom stereocenters. The molecule has 1 atom stereocenters. The van der Waals surface area contributed by atoms with E-state index in [1.807, 2.05) is 0 Å². The zero-order valence-electron chi connectivity index (χ0n) is 19.1. The summed E-state index contributed by atoms with van der Waals surface area (Å²) in [5.41, 5.74) is -1.15. The van der Waals surface area contributed by atoms with Crippen LogP contribution in [-0.2, 0) is 32.3 Å². The molecule has 35 heavy (non-hydrogen) atoms. The molecule has 2 aromatic rings. The summed E-state index contributed by atoms with van der Waals surface area (Å²) >= 11 is 11.9. The third kappa shape index (κ3) is 7.25. The Labute approximate surface area is 211 Å². The number of rotatable bonds is 9. The highest BCUT2D eigenvalue weighted by Crippen LogP contribution is 2.37. The molecule has 1 N–H and O–H groups in total. The number of sulfonamides is 1. The molecule has 0 aliphatic carbocycles. The molecule has 0 saturated carbocycles. The number of hydrogen-bond acceptors (Lipinski definition) is 4. The fourth-order valence-corrected chi connectivity index (χ4v) is 4.66. The van der Waals surface area contributed by atoms with Gasteiger partial charge in [-0.2, -0.15) is 13.2 Å². The maximum Gasteiger partial charge on any atom is 0.417 e. The van der Waals surface area contributed by atoms with Crippen LogP contribution in [0.15, 0.2) is 42.5 Å². The second kappa shape index (κ2) is 11.5. The zero-order chi connectivity index (χ0) is 26.6. The fourth-order valence-electron chi connectivity index (χ4n) is 3.40. The average molecular weight is 554 g/mol. The maximum atomic E-state index is 13.4. The van der Waals surface area contributed by atoms with Crippen LogP contribution in [-0.4, -0.2) is 51.0 Å². The molecule has 0 heterocycles. The number of nitrogens with one attached hydrogen (secondary N) is 1. The molecule has 0 aliphatic rings. The quantitative estimate of drug-likeness (QED) is 0.500. The van der Waals surface area contributed by atoms with Gasteiger partial charge < -0.3 is 10.2 Å². The fraction of sp³-hybridized carbons (Fsp3) is 0.364. The number of carbonyl (C=O) groups is 2. The lowest BCUT2D eigenvalue weighted by molar-refractivity contribution is -0.140. The summed E-state index contributed by atoms with van der Waals surface area (Å²) in [6.45, 7) is 0.683. The van der Waals surface area contributed by atoms with Gasteiger partial charge in [-0.15, -0.1) is 0 Å². The van der Waals surface area contributed by atoms with Crippen LogP contribution in [0.2, 0.25) is 10.0 Å². The molecule has 2 amide bonds. The van der Waals surface area contributed by atoms with Gasteiger partial charge in [0.15, 0.2) is 0 Å². The molecule has 0 bridgehead atoms. The number of benzene rings is 2. The minimum absolute atomic E-state index is 0.129. The highest BCUT2D eigenvalue weighted by Gasteiger charge is 2.36. The molecule has 0 spiro atoms. The molecule has 13 heteroatoms. The van der Waals surface area contributed by atoms with Crippen LogP contribution >= 0.6 is 23.2 Å². The van der Waals surface area contributed by atoms with E-state index in [0.717, 1.165) is 23.3 Å². The van der Waals surface area contributed by atoms with Gasteiger partial charge in [0, 0.05) is 18.6 Å². The van der Waals surface area contributed by atoms with Crippen molar-refractivity contribution >= 4 is 50.7 Å². The normalized spacial score (nSPS) is 12.7. The minimum Gasteiger partial charge on any atom is -0.357 e. The average Bonchev–Trinajstić information content (AvgIpc) is 2.77. The van der Waals surface area contributed by atoms with Gasteiger partial charge in [-0.25, -0.2) is 8.42 Å². The van der Waals surface area contributed by atoms with E-state index in [2.05, 4.69) is 5.32 Å². The maximum absolute atomic E-state index is 13.4. The van der Waals surface area contributed by atoms with Crippen molar-refractivity contribution in [3.8, 4) is 0 Å². The number of carbonyl (C=O) groups excluding carboxylic acids is 2. The van der Waals surface area contributed by atoms with Gasteiger partial charge in [-0.3, -0.25) is 13.9 Å². The number of anilines is 1. The molecule has 2 aromatic carbocycles. The summed E-state index contributed by atoms with van der Waals surface area (Å²) in [4.78, 5) is 27.1. The second-order valence-corrected chi connectivity index (χ2v) is 10.3. The van der Waals surface area contributed by atoms with E-state index in [9.17, 15) is 31.2 Å². The van der Waals surface area contributed by atoms with Crippen LogP contribution < -0.4 is 9.62 Å². The first-order valence-corrected chi connectivity index (χ1v) is 12.9. The minimum atomic E-state index is -4.84. The molecule has 0 fully saturated rings. The molecule has 0 aliphatic heterocycles. The smallest absolute Gasteiger partial charge is 0.357 e. The first-order valence-electron chi connectivity index (χ1n) is 10.3. The monoisotopic (exact) mass is 553 g/mol. The van der Waals surface area contributed by atoms with E-state index in [0.29, 0.717) is 21.0 Å². The number of halogens is 5. The van der Waals surface area contributed by atoms with Gasteiger partial charge in [0.25, 0.3) is 0 Å². The van der Waals surface area contributed by atoms with Crippen LogP contribution in [0.5, 0.6) is 0 Å². The molecular formula is C22H24Cl2F3N3O4S. The standard InChI is InChI=1S/C22H24Cl2F3N3O4S/c1-4-19(21(32)28-2)29(12-14-7-5-6-8-17(14)23)20(31)13-30(35(3,33)34)15-9-10-18(24)16(11-15)22(25,26)27/h5-11,19H,4,12-13H2,1-3H3,(H,28,32)/t19-/m0/s1. The van der Waals surface area contributed by atoms with Crippen molar-refractivity contribution in [2.75, 3.05) is 24.2 Å². The molecule has 0 saturated heterocycles. The van der Waals surface area contributed by atoms with Gasteiger partial charge in [-0.1, -0.05) is 48.3 Å². The Balaban J connectivity index is 2.53. The molecule has 7 nitrogen and oxygen atoms in total. The number of nitrogens with zero attached hydrogens (tertiary/aromatic N) is 2. The van der Waals surface area contributed by atoms with Crippen LogP contribution in [0.3, 0.4) is 0 Å². The summed E-state index contributed by atoms with van der Waals surface area (Å²) < 4.78 is 65.6. The first kappa shape index (κ1) is 28.7. The Hall–Kier alpha value is -2.50. The van der Waals surface area contributed by atoms with Gasteiger partial charge in [0.1, 0.15) is 12.6 Å². The largest absolute Gasteiger partial charge is 0.417 e. The molecule has 2 rings (SSSR count). The van der Waals surface area contributed by atoms with E-state index in [1.165, 1.54) is 7.05 Å². The Bertz CT molecular complexity index is 1190. The van der Waals surface area contributed by atoms with Crippen LogP contribution in [0.1, 0.15) is 24.5 Å². The van der Waals surface area contributed by atoms with E-state index >= 15 is 0 Å². The number of amides is 2. The lowest BCUT2D eigenvalue weighted by atomic mass is 10.1. The van der Waals surface area contributed by atoms with Crippen molar-refractivity contribution in [2.45, 2.75) is 32.1 Å². The third-order valence-corrected chi connectivity index (χ3v) is 6.99. The highest BCUT2D eigenvalue weighted by molar-refractivity contribution is 7.92. The molecule has 0 radical (unpaired) electrons. The number of likely N-dealkylation sites (N-methyl/N-ethyl adjacent to an activating group) is 1. The van der Waals surface area contributed by atoms with Crippen molar-refractivity contribution in [3.63, 3.8) is 0 Å². The van der Waals surface area contributed by atoms with E-state index in [4.69, 9.17) is 23.2 Å². The van der Waals surface area contributed by atoms with Crippen molar-refractivity contribution in [1.29, 1.82) is 0 Å². The van der Waals surface area contributed by atoms with E-state index < -0.39 is 56.9 Å². The van der Waals surface area contributed by atoms with Gasteiger partial charge >= 0.3 is 6.18 Å². The summed E-state index contributed by atoms with van der Waals surface area (Å²) in [6.07, 6.45) is -3.90. The van der Waals surface area contributed by atoms with Crippen molar-refractivity contribution in [3.05, 3.63) is 63.6 Å². The van der Waals surface area contributed by atoms with Gasteiger partial charge in [-0.05, 0) is 36.2 Å². The Kier molecular flexibility index (Phi) is 9.43. The topological polar surface area (TPSA) is 86.8 Å². The van der Waals surface area contributed by atoms with Crippen molar-refractivity contribution in [2.24, 2.45) is 0 Å². The predicted octanol–water partition coefficient (Wildman–Crippen LogP) is 4.33. The second-order valence-electron chi connectivity index (χ2n) is 7.58. The molecular weight excluding hydrogens is 530 g/mol. The van der Waals surface area contributed by atoms with Crippen LogP contribution in [0, 0.1) is 0 Å². The SMILES string of the molecule is CC[C@@H](C(=O)NC)N(Cc1ccccc1Cl)C(=O)CN(c1ccc(Cl)c(C(F)(F)F)c1)S(C)(=O)=O. The lowest BCUT2D eigenvalue weighted by Crippen LogP contribution is -2.51. The van der Waals surface area contributed by atoms with Crippen molar-refractivity contribution < 1.29 is 31.2 Å². The van der Waals surface area contributed by atoms with Gasteiger partial charge in [0.2, 0.25) is 21.8 Å². The first-order chi connectivity index (χ1) is 16.2. The summed E-state index contributed by atoms with van der Waals surface area (Å²) in [6, 6.07) is 8.14. The summed E-state index contributed by atoms with van der Waals surface area (Å²) in [5, 5.41) is 2.17.